The highest BCUT2D eigenvalue weighted by Crippen LogP contribution is 2.35. The van der Waals surface area contributed by atoms with Crippen LogP contribution in [0.1, 0.15) is 19.8 Å². The molecule has 1 saturated carbocycles. The molecule has 0 bridgehead atoms. The van der Waals surface area contributed by atoms with Gasteiger partial charge in [0, 0.05) is 19.6 Å². The fourth-order valence-electron chi connectivity index (χ4n) is 2.13. The van der Waals surface area contributed by atoms with Crippen LogP contribution in [-0.4, -0.2) is 62.3 Å². The number of cyclic esters (lactones) is 1. The standard InChI is InChI=1S/C11H20N2O4S/c1-9(10-3-4-10)12(2)18(15,16)8-6-13-5-7-17-11(13)14/h9-10H,3-8H2,1-2H3. The molecule has 1 heterocycles. The van der Waals surface area contributed by atoms with Crippen LogP contribution < -0.4 is 0 Å². The van der Waals surface area contributed by atoms with Gasteiger partial charge in [-0.15, -0.1) is 0 Å². The molecule has 2 rings (SSSR count). The molecule has 0 N–H and O–H groups in total. The number of carbonyl (C=O) groups excluding carboxylic acids is 1. The van der Waals surface area contributed by atoms with E-state index in [0.29, 0.717) is 19.1 Å². The van der Waals surface area contributed by atoms with Crippen molar-refractivity contribution >= 4 is 16.1 Å². The van der Waals surface area contributed by atoms with Gasteiger partial charge in [0.2, 0.25) is 10.0 Å². The molecule has 0 aromatic rings. The highest BCUT2D eigenvalue weighted by molar-refractivity contribution is 7.89. The lowest BCUT2D eigenvalue weighted by atomic mass is 10.2. The smallest absolute Gasteiger partial charge is 0.409 e. The monoisotopic (exact) mass is 276 g/mol. The Balaban J connectivity index is 1.88. The van der Waals surface area contributed by atoms with E-state index < -0.39 is 16.1 Å². The quantitative estimate of drug-likeness (QED) is 0.708. The van der Waals surface area contributed by atoms with Crippen LogP contribution in [0, 0.1) is 5.92 Å². The van der Waals surface area contributed by atoms with E-state index in [1.165, 1.54) is 9.21 Å². The van der Waals surface area contributed by atoms with Crippen molar-refractivity contribution in [2.75, 3.05) is 32.5 Å². The molecule has 6 nitrogen and oxygen atoms in total. The van der Waals surface area contributed by atoms with Gasteiger partial charge in [-0.1, -0.05) is 0 Å². The molecular formula is C11H20N2O4S. The number of hydrogen-bond acceptors (Lipinski definition) is 4. The van der Waals surface area contributed by atoms with Gasteiger partial charge in [-0.3, -0.25) is 0 Å². The Kier molecular flexibility index (Phi) is 3.82. The molecular weight excluding hydrogens is 256 g/mol. The van der Waals surface area contributed by atoms with Crippen LogP contribution in [-0.2, 0) is 14.8 Å². The molecule has 0 aromatic heterocycles. The minimum absolute atomic E-state index is 0.0321. The molecule has 1 amide bonds. The molecule has 0 radical (unpaired) electrons. The fraction of sp³-hybridized carbons (Fsp3) is 0.909. The van der Waals surface area contributed by atoms with Gasteiger partial charge in [0.25, 0.3) is 0 Å². The average Bonchev–Trinajstić information content (AvgIpc) is 3.09. The molecule has 1 atom stereocenters. The first-order valence-electron chi connectivity index (χ1n) is 6.29. The van der Waals surface area contributed by atoms with Crippen molar-refractivity contribution in [3.8, 4) is 0 Å². The van der Waals surface area contributed by atoms with Crippen molar-refractivity contribution in [1.82, 2.24) is 9.21 Å². The normalized spacial score (nSPS) is 22.4. The molecule has 18 heavy (non-hydrogen) atoms. The first-order chi connectivity index (χ1) is 8.42. The highest BCUT2D eigenvalue weighted by atomic mass is 32.2. The summed E-state index contributed by atoms with van der Waals surface area (Å²) in [6.45, 7) is 2.99. The Bertz CT molecular complexity index is 419. The zero-order valence-corrected chi connectivity index (χ0v) is 11.6. The van der Waals surface area contributed by atoms with Crippen LogP contribution in [0.5, 0.6) is 0 Å². The first-order valence-corrected chi connectivity index (χ1v) is 7.90. The van der Waals surface area contributed by atoms with Crippen LogP contribution in [0.3, 0.4) is 0 Å². The predicted octanol–water partition coefficient (Wildman–Crippen LogP) is 0.499. The molecule has 1 aliphatic carbocycles. The summed E-state index contributed by atoms with van der Waals surface area (Å²) in [6, 6.07) is 0.0560. The molecule has 0 spiro atoms. The topological polar surface area (TPSA) is 66.9 Å². The zero-order chi connectivity index (χ0) is 13.3. The van der Waals surface area contributed by atoms with Crippen molar-refractivity contribution in [2.24, 2.45) is 5.92 Å². The lowest BCUT2D eigenvalue weighted by Crippen LogP contribution is -2.41. The van der Waals surface area contributed by atoms with Crippen LogP contribution in [0.4, 0.5) is 4.79 Å². The van der Waals surface area contributed by atoms with Gasteiger partial charge < -0.3 is 9.64 Å². The number of rotatable bonds is 6. The molecule has 1 saturated heterocycles. The highest BCUT2D eigenvalue weighted by Gasteiger charge is 2.35. The summed E-state index contributed by atoms with van der Waals surface area (Å²) >= 11 is 0. The van der Waals surface area contributed by atoms with Crippen molar-refractivity contribution in [3.05, 3.63) is 0 Å². The minimum atomic E-state index is -3.29. The number of ether oxygens (including phenoxy) is 1. The van der Waals surface area contributed by atoms with Crippen LogP contribution in [0.15, 0.2) is 0 Å². The zero-order valence-electron chi connectivity index (χ0n) is 10.8. The Morgan fingerprint density at radius 1 is 1.50 bits per heavy atom. The third kappa shape index (κ3) is 2.95. The summed E-state index contributed by atoms with van der Waals surface area (Å²) in [5.74, 6) is 0.469. The maximum Gasteiger partial charge on any atom is 0.409 e. The van der Waals surface area contributed by atoms with Gasteiger partial charge >= 0.3 is 6.09 Å². The van der Waals surface area contributed by atoms with Crippen molar-refractivity contribution in [2.45, 2.75) is 25.8 Å². The SMILES string of the molecule is CC(C1CC1)N(C)S(=O)(=O)CCN1CCOC1=O. The number of nitrogens with zero attached hydrogens (tertiary/aromatic N) is 2. The van der Waals surface area contributed by atoms with Crippen molar-refractivity contribution in [3.63, 3.8) is 0 Å². The summed E-state index contributed by atoms with van der Waals surface area (Å²) in [7, 11) is -1.67. The van der Waals surface area contributed by atoms with Crippen LogP contribution in [0.25, 0.3) is 0 Å². The Morgan fingerprint density at radius 3 is 2.67 bits per heavy atom. The first kappa shape index (κ1) is 13.6. The number of carbonyl (C=O) groups is 1. The summed E-state index contributed by atoms with van der Waals surface area (Å²) < 4.78 is 30.4. The summed E-state index contributed by atoms with van der Waals surface area (Å²) in [5.41, 5.74) is 0. The van der Waals surface area contributed by atoms with E-state index in [9.17, 15) is 13.2 Å². The van der Waals surface area contributed by atoms with Gasteiger partial charge in [-0.05, 0) is 25.7 Å². The lowest BCUT2D eigenvalue weighted by Gasteiger charge is -2.25. The summed E-state index contributed by atoms with van der Waals surface area (Å²) in [4.78, 5) is 12.6. The number of amides is 1. The number of hydrogen-bond donors (Lipinski definition) is 0. The van der Waals surface area contributed by atoms with E-state index in [1.54, 1.807) is 7.05 Å². The van der Waals surface area contributed by atoms with E-state index in [-0.39, 0.29) is 18.3 Å². The maximum absolute atomic E-state index is 12.1. The molecule has 0 aromatic carbocycles. The van der Waals surface area contributed by atoms with E-state index >= 15 is 0 Å². The molecule has 1 unspecified atom stereocenters. The fourth-order valence-corrected chi connectivity index (χ4v) is 3.55. The van der Waals surface area contributed by atoms with Gasteiger partial charge in [-0.2, -0.15) is 0 Å². The van der Waals surface area contributed by atoms with Crippen molar-refractivity contribution < 1.29 is 17.9 Å². The van der Waals surface area contributed by atoms with E-state index in [0.717, 1.165) is 12.8 Å². The lowest BCUT2D eigenvalue weighted by molar-refractivity contribution is 0.159. The van der Waals surface area contributed by atoms with E-state index in [4.69, 9.17) is 4.74 Å². The summed E-state index contributed by atoms with van der Waals surface area (Å²) in [5, 5.41) is 0. The predicted molar refractivity (Wildman–Crippen MR) is 66.7 cm³/mol. The second-order valence-corrected chi connectivity index (χ2v) is 7.16. The summed E-state index contributed by atoms with van der Waals surface area (Å²) in [6.07, 6.45) is 1.81. The maximum atomic E-state index is 12.1. The van der Waals surface area contributed by atoms with Gasteiger partial charge in [-0.25, -0.2) is 17.5 Å². The molecule has 2 fully saturated rings. The van der Waals surface area contributed by atoms with Crippen molar-refractivity contribution in [1.29, 1.82) is 0 Å². The average molecular weight is 276 g/mol. The third-order valence-electron chi connectivity index (χ3n) is 3.78. The largest absolute Gasteiger partial charge is 0.448 e. The Morgan fingerprint density at radius 2 is 2.17 bits per heavy atom. The van der Waals surface area contributed by atoms with Gasteiger partial charge in [0.15, 0.2) is 0 Å². The number of sulfonamides is 1. The Hall–Kier alpha value is -0.820. The minimum Gasteiger partial charge on any atom is -0.448 e. The molecule has 7 heteroatoms. The van der Waals surface area contributed by atoms with Gasteiger partial charge in [0.1, 0.15) is 6.61 Å². The third-order valence-corrected chi connectivity index (χ3v) is 5.69. The Labute approximate surface area is 108 Å². The van der Waals surface area contributed by atoms with E-state index in [1.807, 2.05) is 6.92 Å². The molecule has 104 valence electrons. The molecule has 2 aliphatic rings. The van der Waals surface area contributed by atoms with Crippen LogP contribution in [0.2, 0.25) is 0 Å². The molecule has 1 aliphatic heterocycles. The van der Waals surface area contributed by atoms with Crippen LogP contribution >= 0.6 is 0 Å². The van der Waals surface area contributed by atoms with Gasteiger partial charge in [0.05, 0.1) is 12.3 Å². The second kappa shape index (κ2) is 5.05. The van der Waals surface area contributed by atoms with E-state index in [2.05, 4.69) is 0 Å². The second-order valence-electron chi connectivity index (χ2n) is 5.01.